The van der Waals surface area contributed by atoms with Crippen LogP contribution in [-0.4, -0.2) is 31.9 Å². The summed E-state index contributed by atoms with van der Waals surface area (Å²) in [6.07, 6.45) is 1.22. The minimum Gasteiger partial charge on any atom is -0.480 e. The SMILES string of the molecule is C=C(C)C(C)(CO/C(C)=N/C(=N\C(=C\CCC)Nc1ccccc1)NC)C(F)F. The van der Waals surface area contributed by atoms with Gasteiger partial charge in [0.15, 0.2) is 5.90 Å². The van der Waals surface area contributed by atoms with Gasteiger partial charge in [0.2, 0.25) is 5.96 Å². The van der Waals surface area contributed by atoms with E-state index in [0.717, 1.165) is 18.5 Å². The van der Waals surface area contributed by atoms with E-state index in [1.165, 1.54) is 6.92 Å². The Morgan fingerprint density at radius 2 is 1.90 bits per heavy atom. The number of benzene rings is 1. The second-order valence-electron chi connectivity index (χ2n) is 6.97. The topological polar surface area (TPSA) is 58.0 Å². The average Bonchev–Trinajstić information content (AvgIpc) is 2.69. The fourth-order valence-electron chi connectivity index (χ4n) is 2.13. The van der Waals surface area contributed by atoms with Crippen LogP contribution in [0.4, 0.5) is 14.5 Å². The highest BCUT2D eigenvalue weighted by molar-refractivity contribution is 5.92. The van der Waals surface area contributed by atoms with Gasteiger partial charge in [-0.1, -0.05) is 43.7 Å². The number of rotatable bonds is 9. The second-order valence-corrected chi connectivity index (χ2v) is 6.97. The lowest BCUT2D eigenvalue weighted by Crippen LogP contribution is -2.33. The van der Waals surface area contributed by atoms with Crippen LogP contribution in [0.5, 0.6) is 0 Å². The first kappa shape index (κ1) is 24.3. The molecule has 7 heteroatoms. The molecule has 0 bridgehead atoms. The molecule has 0 amide bonds. The van der Waals surface area contributed by atoms with Crippen LogP contribution in [0, 0.1) is 5.41 Å². The number of aliphatic imine (C=N–C) groups is 2. The van der Waals surface area contributed by atoms with Gasteiger partial charge in [-0.15, -0.1) is 0 Å². The highest BCUT2D eigenvalue weighted by atomic mass is 19.3. The third-order valence-corrected chi connectivity index (χ3v) is 4.42. The molecule has 1 unspecified atom stereocenters. The van der Waals surface area contributed by atoms with Crippen LogP contribution in [0.25, 0.3) is 0 Å². The van der Waals surface area contributed by atoms with Gasteiger partial charge in [0.05, 0.1) is 5.41 Å². The van der Waals surface area contributed by atoms with Gasteiger partial charge < -0.3 is 15.4 Å². The van der Waals surface area contributed by atoms with Crippen molar-refractivity contribution in [2.45, 2.75) is 47.0 Å². The van der Waals surface area contributed by atoms with Crippen molar-refractivity contribution in [1.29, 1.82) is 0 Å². The number of guanidine groups is 1. The molecule has 0 fully saturated rings. The van der Waals surface area contributed by atoms with E-state index in [1.54, 1.807) is 20.9 Å². The number of nitrogens with zero attached hydrogens (tertiary/aromatic N) is 2. The zero-order valence-corrected chi connectivity index (χ0v) is 17.9. The number of unbranched alkanes of at least 4 members (excludes halogenated alkanes) is 1. The molecule has 1 rings (SSSR count). The zero-order valence-electron chi connectivity index (χ0n) is 17.9. The summed E-state index contributed by atoms with van der Waals surface area (Å²) >= 11 is 0. The Kier molecular flexibility index (Phi) is 10.1. The van der Waals surface area contributed by atoms with Gasteiger partial charge in [-0.2, -0.15) is 9.98 Å². The van der Waals surface area contributed by atoms with Crippen LogP contribution in [0.15, 0.2) is 64.4 Å². The first-order valence-corrected chi connectivity index (χ1v) is 9.63. The molecule has 1 atom stereocenters. The maximum atomic E-state index is 13.4. The number of ether oxygens (including phenoxy) is 1. The fourth-order valence-corrected chi connectivity index (χ4v) is 2.13. The molecule has 1 aromatic rings. The molecule has 29 heavy (non-hydrogen) atoms. The first-order chi connectivity index (χ1) is 13.7. The highest BCUT2D eigenvalue weighted by Crippen LogP contribution is 2.33. The van der Waals surface area contributed by atoms with Crippen molar-refractivity contribution in [3.8, 4) is 0 Å². The van der Waals surface area contributed by atoms with Gasteiger partial charge in [-0.05, 0) is 38.5 Å². The van der Waals surface area contributed by atoms with Crippen molar-refractivity contribution in [2.75, 3.05) is 19.0 Å². The van der Waals surface area contributed by atoms with Crippen molar-refractivity contribution in [2.24, 2.45) is 15.4 Å². The number of hydrogen-bond donors (Lipinski definition) is 2. The number of anilines is 1. The van der Waals surface area contributed by atoms with Crippen LogP contribution in [0.3, 0.4) is 0 Å². The second kappa shape index (κ2) is 12.0. The molecule has 5 nitrogen and oxygen atoms in total. The summed E-state index contributed by atoms with van der Waals surface area (Å²) in [5.41, 5.74) is -0.172. The normalized spacial score (nSPS) is 15.1. The summed E-state index contributed by atoms with van der Waals surface area (Å²) in [5.74, 6) is 1.18. The summed E-state index contributed by atoms with van der Waals surface area (Å²) in [4.78, 5) is 8.79. The monoisotopic (exact) mass is 406 g/mol. The molecule has 0 saturated heterocycles. The number of allylic oxidation sites excluding steroid dienone is 1. The van der Waals surface area contributed by atoms with Crippen molar-refractivity contribution >= 4 is 17.5 Å². The fraction of sp³-hybridized carbons (Fsp3) is 0.455. The van der Waals surface area contributed by atoms with Crippen molar-refractivity contribution in [1.82, 2.24) is 5.32 Å². The first-order valence-electron chi connectivity index (χ1n) is 9.63. The Morgan fingerprint density at radius 1 is 1.24 bits per heavy atom. The molecule has 0 saturated carbocycles. The number of hydrogen-bond acceptors (Lipinski definition) is 3. The minimum absolute atomic E-state index is 0.215. The summed E-state index contributed by atoms with van der Waals surface area (Å²) in [7, 11) is 1.69. The van der Waals surface area contributed by atoms with Gasteiger partial charge in [-0.25, -0.2) is 8.78 Å². The maximum absolute atomic E-state index is 13.4. The summed E-state index contributed by atoms with van der Waals surface area (Å²) < 4.78 is 32.2. The van der Waals surface area contributed by atoms with E-state index in [9.17, 15) is 8.78 Å². The Labute approximate surface area is 172 Å². The third kappa shape index (κ3) is 8.05. The van der Waals surface area contributed by atoms with Gasteiger partial charge in [0, 0.05) is 19.7 Å². The number of para-hydroxylation sites is 1. The Hall–Kier alpha value is -2.70. The van der Waals surface area contributed by atoms with Gasteiger partial charge in [0.1, 0.15) is 12.4 Å². The van der Waals surface area contributed by atoms with Gasteiger partial charge in [-0.3, -0.25) is 0 Å². The quantitative estimate of drug-likeness (QED) is 0.319. The zero-order chi connectivity index (χ0) is 21.9. The number of halogens is 2. The van der Waals surface area contributed by atoms with Crippen LogP contribution in [0.1, 0.15) is 40.5 Å². The maximum Gasteiger partial charge on any atom is 0.250 e. The molecule has 0 radical (unpaired) electrons. The standard InChI is InChI=1S/C22H32F2N4O/c1-7-8-14-19(27-18-12-10-9-11-13-18)28-21(25-6)26-17(4)29-15-22(5,16(2)3)20(23)24/h9-14,20,27H,2,7-8,15H2,1,3-6H3,(H,25,28)/b19-14+,26-17+. The Morgan fingerprint density at radius 3 is 2.41 bits per heavy atom. The van der Waals surface area contributed by atoms with E-state index in [1.807, 2.05) is 36.4 Å². The van der Waals surface area contributed by atoms with Gasteiger partial charge in [0.25, 0.3) is 6.43 Å². The van der Waals surface area contributed by atoms with Crippen LogP contribution >= 0.6 is 0 Å². The van der Waals surface area contributed by atoms with E-state index >= 15 is 0 Å². The lowest BCUT2D eigenvalue weighted by molar-refractivity contribution is -0.00127. The van der Waals surface area contributed by atoms with E-state index in [2.05, 4.69) is 34.1 Å². The molecular weight excluding hydrogens is 374 g/mol. The smallest absolute Gasteiger partial charge is 0.250 e. The molecule has 0 aliphatic rings. The Balaban J connectivity index is 2.98. The van der Waals surface area contributed by atoms with E-state index in [0.29, 0.717) is 17.4 Å². The lowest BCUT2D eigenvalue weighted by Gasteiger charge is -2.28. The van der Waals surface area contributed by atoms with Crippen LogP contribution < -0.4 is 10.6 Å². The van der Waals surface area contributed by atoms with Crippen molar-refractivity contribution in [3.63, 3.8) is 0 Å². The molecule has 1 aromatic carbocycles. The summed E-state index contributed by atoms with van der Waals surface area (Å²) in [5, 5.41) is 6.16. The molecule has 0 aliphatic carbocycles. The predicted molar refractivity (Wildman–Crippen MR) is 118 cm³/mol. The number of alkyl halides is 2. The molecule has 0 aliphatic heterocycles. The summed E-state index contributed by atoms with van der Waals surface area (Å²) in [6.45, 7) is 10.1. The average molecular weight is 407 g/mol. The molecular formula is C22H32F2N4O. The molecule has 160 valence electrons. The van der Waals surface area contributed by atoms with Crippen LogP contribution in [0.2, 0.25) is 0 Å². The van der Waals surface area contributed by atoms with E-state index < -0.39 is 11.8 Å². The predicted octanol–water partition coefficient (Wildman–Crippen LogP) is 5.60. The van der Waals surface area contributed by atoms with E-state index in [-0.39, 0.29) is 12.5 Å². The molecule has 0 spiro atoms. The number of nitrogens with one attached hydrogen (secondary N) is 2. The van der Waals surface area contributed by atoms with E-state index in [4.69, 9.17) is 4.74 Å². The molecule has 0 aromatic heterocycles. The largest absolute Gasteiger partial charge is 0.480 e. The van der Waals surface area contributed by atoms with Crippen molar-refractivity contribution in [3.05, 3.63) is 54.4 Å². The lowest BCUT2D eigenvalue weighted by atomic mass is 9.85. The summed E-state index contributed by atoms with van der Waals surface area (Å²) in [6, 6.07) is 9.68. The molecule has 0 heterocycles. The highest BCUT2D eigenvalue weighted by Gasteiger charge is 2.37. The minimum atomic E-state index is -2.58. The Bertz CT molecular complexity index is 744. The van der Waals surface area contributed by atoms with Crippen molar-refractivity contribution < 1.29 is 13.5 Å². The van der Waals surface area contributed by atoms with Gasteiger partial charge >= 0.3 is 0 Å². The third-order valence-electron chi connectivity index (χ3n) is 4.42. The van der Waals surface area contributed by atoms with Crippen LogP contribution in [-0.2, 0) is 4.74 Å². The molecule has 2 N–H and O–H groups in total.